The van der Waals surface area contributed by atoms with Crippen molar-refractivity contribution in [3.05, 3.63) is 84.1 Å². The lowest BCUT2D eigenvalue weighted by Gasteiger charge is -2.16. The van der Waals surface area contributed by atoms with E-state index < -0.39 is 0 Å². The molecule has 0 aliphatic heterocycles. The highest BCUT2D eigenvalue weighted by atomic mass is 15.0. The van der Waals surface area contributed by atoms with E-state index in [1.165, 1.54) is 103 Å². The summed E-state index contributed by atoms with van der Waals surface area (Å²) in [6.45, 7) is 2.31. The number of aryl methyl sites for hydroxylation is 2. The lowest BCUT2D eigenvalue weighted by molar-refractivity contribution is -0.644. The van der Waals surface area contributed by atoms with E-state index in [1.54, 1.807) is 0 Å². The van der Waals surface area contributed by atoms with E-state index in [0.29, 0.717) is 0 Å². The summed E-state index contributed by atoms with van der Waals surface area (Å²) in [6, 6.07) is 25.4. The maximum atomic E-state index is 2.54. The van der Waals surface area contributed by atoms with Gasteiger partial charge in [0.1, 0.15) is 12.6 Å². The Morgan fingerprint density at radius 2 is 1.57 bits per heavy atom. The van der Waals surface area contributed by atoms with Crippen molar-refractivity contribution in [3.63, 3.8) is 0 Å². The van der Waals surface area contributed by atoms with E-state index >= 15 is 0 Å². The van der Waals surface area contributed by atoms with Crippen LogP contribution in [-0.4, -0.2) is 4.40 Å². The Hall–Kier alpha value is -3.65. The zero-order chi connectivity index (χ0) is 23.3. The Labute approximate surface area is 204 Å². The third-order valence-corrected chi connectivity index (χ3v) is 8.88. The van der Waals surface area contributed by atoms with Crippen LogP contribution in [0.3, 0.4) is 0 Å². The third kappa shape index (κ3) is 2.52. The minimum absolute atomic E-state index is 0.859. The van der Waals surface area contributed by atoms with Crippen LogP contribution < -0.4 is 4.57 Å². The average molecular weight is 454 g/mol. The van der Waals surface area contributed by atoms with Crippen molar-refractivity contribution in [1.29, 1.82) is 0 Å². The lowest BCUT2D eigenvalue weighted by atomic mass is 9.92. The fourth-order valence-corrected chi connectivity index (χ4v) is 7.29. The highest BCUT2D eigenvalue weighted by molar-refractivity contribution is 6.30. The summed E-state index contributed by atoms with van der Waals surface area (Å²) >= 11 is 0. The molecule has 2 heteroatoms. The molecule has 1 fully saturated rings. The molecule has 170 valence electrons. The van der Waals surface area contributed by atoms with Crippen LogP contribution in [0.2, 0.25) is 0 Å². The Kier molecular flexibility index (Phi) is 3.90. The van der Waals surface area contributed by atoms with Crippen LogP contribution >= 0.6 is 0 Å². The van der Waals surface area contributed by atoms with Gasteiger partial charge in [-0.25, -0.2) is 0 Å². The molecule has 0 atom stereocenters. The van der Waals surface area contributed by atoms with E-state index in [1.807, 2.05) is 0 Å². The molecule has 0 saturated heterocycles. The van der Waals surface area contributed by atoms with Gasteiger partial charge >= 0.3 is 0 Å². The molecule has 0 N–H and O–H groups in total. The van der Waals surface area contributed by atoms with Gasteiger partial charge < -0.3 is 4.40 Å². The summed E-state index contributed by atoms with van der Waals surface area (Å²) in [5, 5.41) is 9.59. The van der Waals surface area contributed by atoms with Crippen LogP contribution in [0, 0.1) is 12.8 Å². The van der Waals surface area contributed by atoms with Crippen molar-refractivity contribution in [1.82, 2.24) is 4.40 Å². The van der Waals surface area contributed by atoms with Crippen molar-refractivity contribution >= 4 is 59.8 Å². The standard InChI is InChI=1S/C33H29N2/c1-20-23-10-5-6-11-24(23)25-12-7-13-29-31(25)30(20)33-32-26(16-17-34(33)2)27-19-22(14-15-28(27)35(29)32)18-21-8-3-4-9-21/h5-7,10-17,19,21H,3-4,8-9,18H2,1-2H3/q+1. The van der Waals surface area contributed by atoms with Crippen LogP contribution in [-0.2, 0) is 13.5 Å². The largest absolute Gasteiger partial charge is 0.303 e. The molecule has 1 aliphatic rings. The number of aromatic nitrogens is 2. The summed E-state index contributed by atoms with van der Waals surface area (Å²) in [6.07, 6.45) is 9.08. The number of nitrogens with zero attached hydrogens (tertiary/aromatic N) is 2. The number of hydrogen-bond donors (Lipinski definition) is 0. The van der Waals surface area contributed by atoms with Gasteiger partial charge in [0.2, 0.25) is 5.52 Å². The molecule has 8 rings (SSSR count). The van der Waals surface area contributed by atoms with E-state index in [-0.39, 0.29) is 0 Å². The molecule has 0 radical (unpaired) electrons. The zero-order valence-electron chi connectivity index (χ0n) is 20.4. The number of benzene rings is 4. The number of hydrogen-bond acceptors (Lipinski definition) is 0. The second kappa shape index (κ2) is 6.95. The fourth-order valence-electron chi connectivity index (χ4n) is 7.29. The maximum absolute atomic E-state index is 2.54. The summed E-state index contributed by atoms with van der Waals surface area (Å²) in [5.41, 5.74) is 8.20. The Morgan fingerprint density at radius 1 is 0.771 bits per heavy atom. The predicted octanol–water partition coefficient (Wildman–Crippen LogP) is 8.01. The van der Waals surface area contributed by atoms with E-state index in [2.05, 4.69) is 95.9 Å². The van der Waals surface area contributed by atoms with E-state index in [9.17, 15) is 0 Å². The Morgan fingerprint density at radius 3 is 2.43 bits per heavy atom. The van der Waals surface area contributed by atoms with Crippen LogP contribution in [0.25, 0.3) is 59.8 Å². The summed E-state index contributed by atoms with van der Waals surface area (Å²) in [4.78, 5) is 0. The fraction of sp³-hybridized carbons (Fsp3) is 0.242. The van der Waals surface area contributed by atoms with Crippen molar-refractivity contribution < 1.29 is 4.57 Å². The minimum Gasteiger partial charge on any atom is -0.303 e. The lowest BCUT2D eigenvalue weighted by Crippen LogP contribution is -2.29. The summed E-state index contributed by atoms with van der Waals surface area (Å²) in [5.74, 6) is 0.859. The summed E-state index contributed by atoms with van der Waals surface area (Å²) in [7, 11) is 2.21. The van der Waals surface area contributed by atoms with Crippen molar-refractivity contribution in [2.24, 2.45) is 13.0 Å². The zero-order valence-corrected chi connectivity index (χ0v) is 20.4. The van der Waals surface area contributed by atoms with E-state index in [4.69, 9.17) is 0 Å². The second-order valence-corrected chi connectivity index (χ2v) is 10.8. The average Bonchev–Trinajstić information content (AvgIpc) is 3.51. The number of pyridine rings is 2. The monoisotopic (exact) mass is 453 g/mol. The molecule has 0 unspecified atom stereocenters. The van der Waals surface area contributed by atoms with Gasteiger partial charge in [0.25, 0.3) is 0 Å². The molecule has 1 aliphatic carbocycles. The Balaban J connectivity index is 1.60. The van der Waals surface area contributed by atoms with Crippen molar-refractivity contribution in [2.75, 3.05) is 0 Å². The normalized spacial score (nSPS) is 15.3. The molecule has 7 aromatic rings. The van der Waals surface area contributed by atoms with Gasteiger partial charge in [-0.05, 0) is 64.7 Å². The SMILES string of the molecule is Cc1c2ccccc2c2cccc3c2c1c1c2c(cc[n+]1C)c1cc(CC4CCCC4)ccc1n32. The second-order valence-electron chi connectivity index (χ2n) is 10.8. The van der Waals surface area contributed by atoms with Crippen molar-refractivity contribution in [2.45, 2.75) is 39.0 Å². The molecular formula is C33H29N2+. The first-order chi connectivity index (χ1) is 17.2. The third-order valence-electron chi connectivity index (χ3n) is 8.88. The van der Waals surface area contributed by atoms with Crippen LogP contribution in [0.4, 0.5) is 0 Å². The first kappa shape index (κ1) is 19.6. The first-order valence-electron chi connectivity index (χ1n) is 13.1. The molecule has 0 spiro atoms. The summed E-state index contributed by atoms with van der Waals surface area (Å²) < 4.78 is 4.88. The minimum atomic E-state index is 0.859. The molecule has 0 bridgehead atoms. The van der Waals surface area contributed by atoms with Gasteiger partial charge in [-0.1, -0.05) is 68.1 Å². The molecule has 0 amide bonds. The van der Waals surface area contributed by atoms with Gasteiger partial charge in [0.15, 0.2) is 6.20 Å². The van der Waals surface area contributed by atoms with Crippen LogP contribution in [0.15, 0.2) is 72.9 Å². The smallest absolute Gasteiger partial charge is 0.238 e. The van der Waals surface area contributed by atoms with Crippen molar-refractivity contribution in [3.8, 4) is 0 Å². The molecule has 35 heavy (non-hydrogen) atoms. The maximum Gasteiger partial charge on any atom is 0.238 e. The molecule has 2 nitrogen and oxygen atoms in total. The highest BCUT2D eigenvalue weighted by Crippen LogP contribution is 2.43. The molecular weight excluding hydrogens is 424 g/mol. The van der Waals surface area contributed by atoms with Gasteiger partial charge in [-0.3, -0.25) is 0 Å². The Bertz CT molecular complexity index is 1950. The topological polar surface area (TPSA) is 8.29 Å². The molecule has 4 aromatic carbocycles. The van der Waals surface area contributed by atoms with Gasteiger partial charge in [-0.15, -0.1) is 0 Å². The number of rotatable bonds is 2. The van der Waals surface area contributed by atoms with Gasteiger partial charge in [0, 0.05) is 22.2 Å². The van der Waals surface area contributed by atoms with Crippen LogP contribution in [0.5, 0.6) is 0 Å². The van der Waals surface area contributed by atoms with E-state index in [0.717, 1.165) is 5.92 Å². The highest BCUT2D eigenvalue weighted by Gasteiger charge is 2.26. The molecule has 1 saturated carbocycles. The van der Waals surface area contributed by atoms with Crippen LogP contribution in [0.1, 0.15) is 36.8 Å². The quantitative estimate of drug-likeness (QED) is 0.142. The van der Waals surface area contributed by atoms with Gasteiger partial charge in [0.05, 0.1) is 16.4 Å². The number of fused-ring (bicyclic) bond motifs is 7. The molecule has 3 aromatic heterocycles. The predicted molar refractivity (Wildman–Crippen MR) is 148 cm³/mol. The molecule has 3 heterocycles. The van der Waals surface area contributed by atoms with Gasteiger partial charge in [-0.2, -0.15) is 4.57 Å². The first-order valence-corrected chi connectivity index (χ1v) is 13.1.